The molecule has 0 saturated heterocycles. The van der Waals surface area contributed by atoms with Crippen LogP contribution in [0.4, 0.5) is 5.13 Å². The molecule has 124 valence electrons. The van der Waals surface area contributed by atoms with Crippen molar-refractivity contribution in [2.24, 2.45) is 0 Å². The van der Waals surface area contributed by atoms with Crippen LogP contribution in [0.1, 0.15) is 25.3 Å². The van der Waals surface area contributed by atoms with Crippen molar-refractivity contribution in [1.29, 1.82) is 0 Å². The predicted molar refractivity (Wildman–Crippen MR) is 98.8 cm³/mol. The second-order valence-corrected chi connectivity index (χ2v) is 6.52. The molecular formula is C19H20N2O2S. The van der Waals surface area contributed by atoms with Gasteiger partial charge in [0.05, 0.1) is 16.8 Å². The van der Waals surface area contributed by atoms with Crippen LogP contribution in [0.3, 0.4) is 0 Å². The van der Waals surface area contributed by atoms with Crippen LogP contribution in [0.5, 0.6) is 5.75 Å². The lowest BCUT2D eigenvalue weighted by molar-refractivity contribution is -0.116. The van der Waals surface area contributed by atoms with E-state index >= 15 is 0 Å². The Kier molecular flexibility index (Phi) is 5.43. The number of benzene rings is 2. The highest BCUT2D eigenvalue weighted by Gasteiger charge is 2.07. The first-order valence-corrected chi connectivity index (χ1v) is 8.93. The topological polar surface area (TPSA) is 51.2 Å². The van der Waals surface area contributed by atoms with Crippen LogP contribution in [0.25, 0.3) is 10.2 Å². The van der Waals surface area contributed by atoms with Gasteiger partial charge in [0.15, 0.2) is 5.13 Å². The zero-order valence-corrected chi connectivity index (χ0v) is 14.4. The van der Waals surface area contributed by atoms with Gasteiger partial charge in [0.1, 0.15) is 5.75 Å². The van der Waals surface area contributed by atoms with Gasteiger partial charge in [0.25, 0.3) is 0 Å². The van der Waals surface area contributed by atoms with E-state index in [1.165, 1.54) is 16.9 Å². The molecule has 0 radical (unpaired) electrons. The maximum atomic E-state index is 12.0. The van der Waals surface area contributed by atoms with Crippen LogP contribution < -0.4 is 10.1 Å². The number of hydrogen-bond donors (Lipinski definition) is 1. The fourth-order valence-electron chi connectivity index (χ4n) is 2.35. The van der Waals surface area contributed by atoms with Crippen LogP contribution in [0.15, 0.2) is 48.5 Å². The number of nitrogens with one attached hydrogen (secondary N) is 1. The molecule has 2 aromatic carbocycles. The first-order chi connectivity index (χ1) is 11.7. The Balaban J connectivity index is 1.42. The fraction of sp³-hybridized carbons (Fsp3) is 0.263. The van der Waals surface area contributed by atoms with Crippen molar-refractivity contribution < 1.29 is 9.53 Å². The molecule has 1 N–H and O–H groups in total. The highest BCUT2D eigenvalue weighted by atomic mass is 32.1. The van der Waals surface area contributed by atoms with Crippen LogP contribution >= 0.6 is 11.3 Å². The third-order valence-corrected chi connectivity index (χ3v) is 4.64. The Hall–Kier alpha value is -2.40. The summed E-state index contributed by atoms with van der Waals surface area (Å²) in [4.78, 5) is 16.4. The maximum Gasteiger partial charge on any atom is 0.226 e. The molecule has 0 fully saturated rings. The molecule has 1 aromatic heterocycles. The van der Waals surface area contributed by atoms with Crippen LogP contribution in [-0.4, -0.2) is 17.5 Å². The molecule has 1 amide bonds. The lowest BCUT2D eigenvalue weighted by atomic mass is 10.2. The number of rotatable bonds is 7. The predicted octanol–water partition coefficient (Wildman–Crippen LogP) is 4.66. The Labute approximate surface area is 145 Å². The number of nitrogens with zero attached hydrogens (tertiary/aromatic N) is 1. The zero-order chi connectivity index (χ0) is 16.8. The first-order valence-electron chi connectivity index (χ1n) is 8.12. The van der Waals surface area contributed by atoms with Crippen molar-refractivity contribution in [1.82, 2.24) is 4.98 Å². The van der Waals surface area contributed by atoms with Crippen molar-refractivity contribution >= 4 is 32.6 Å². The summed E-state index contributed by atoms with van der Waals surface area (Å²) < 4.78 is 6.74. The summed E-state index contributed by atoms with van der Waals surface area (Å²) in [6, 6.07) is 15.9. The summed E-state index contributed by atoms with van der Waals surface area (Å²) in [5.41, 5.74) is 2.20. The number of fused-ring (bicyclic) bond motifs is 1. The molecule has 5 heteroatoms. The van der Waals surface area contributed by atoms with Gasteiger partial charge in [-0.2, -0.15) is 0 Å². The summed E-state index contributed by atoms with van der Waals surface area (Å²) in [6.45, 7) is 2.65. The van der Waals surface area contributed by atoms with Crippen molar-refractivity contribution in [3.63, 3.8) is 0 Å². The minimum atomic E-state index is -0.0287. The third kappa shape index (κ3) is 4.32. The van der Waals surface area contributed by atoms with E-state index in [0.29, 0.717) is 24.6 Å². The number of hydrogen-bond acceptors (Lipinski definition) is 4. The monoisotopic (exact) mass is 340 g/mol. The first kappa shape index (κ1) is 16.5. The highest BCUT2D eigenvalue weighted by molar-refractivity contribution is 7.22. The molecule has 0 atom stereocenters. The Morgan fingerprint density at radius 1 is 1.17 bits per heavy atom. The fourth-order valence-corrected chi connectivity index (χ4v) is 3.23. The number of aryl methyl sites for hydroxylation is 1. The maximum absolute atomic E-state index is 12.0. The number of aromatic nitrogens is 1. The molecule has 0 spiro atoms. The lowest BCUT2D eigenvalue weighted by Gasteiger charge is -2.06. The number of anilines is 1. The number of amides is 1. The van der Waals surface area contributed by atoms with Gasteiger partial charge < -0.3 is 10.1 Å². The highest BCUT2D eigenvalue weighted by Crippen LogP contribution is 2.25. The molecule has 1 heterocycles. The number of ether oxygens (including phenoxy) is 1. The quantitative estimate of drug-likeness (QED) is 0.637. The number of thiazole rings is 1. The van der Waals surface area contributed by atoms with Crippen LogP contribution in [-0.2, 0) is 11.2 Å². The average molecular weight is 340 g/mol. The average Bonchev–Trinajstić information content (AvgIpc) is 3.01. The molecule has 0 bridgehead atoms. The van der Waals surface area contributed by atoms with Crippen LogP contribution in [0.2, 0.25) is 0 Å². The summed E-state index contributed by atoms with van der Waals surface area (Å²) in [5.74, 6) is 0.817. The Morgan fingerprint density at radius 2 is 1.96 bits per heavy atom. The van der Waals surface area contributed by atoms with E-state index in [4.69, 9.17) is 4.74 Å². The third-order valence-electron chi connectivity index (χ3n) is 3.69. The normalized spacial score (nSPS) is 10.7. The number of carbonyl (C=O) groups excluding carboxylic acids is 1. The van der Waals surface area contributed by atoms with Crippen molar-refractivity contribution in [3.05, 3.63) is 54.1 Å². The Morgan fingerprint density at radius 3 is 2.71 bits per heavy atom. The number of carbonyl (C=O) groups is 1. The van der Waals surface area contributed by atoms with E-state index < -0.39 is 0 Å². The van der Waals surface area contributed by atoms with E-state index in [9.17, 15) is 4.79 Å². The second-order valence-electron chi connectivity index (χ2n) is 5.48. The van der Waals surface area contributed by atoms with Gasteiger partial charge in [-0.3, -0.25) is 4.79 Å². The molecular weight excluding hydrogens is 320 g/mol. The number of para-hydroxylation sites is 1. The summed E-state index contributed by atoms with van der Waals surface area (Å²) >= 11 is 1.49. The molecule has 0 aliphatic heterocycles. The van der Waals surface area contributed by atoms with Gasteiger partial charge in [-0.1, -0.05) is 42.5 Å². The lowest BCUT2D eigenvalue weighted by Crippen LogP contribution is -2.12. The zero-order valence-electron chi connectivity index (χ0n) is 13.6. The second kappa shape index (κ2) is 7.93. The van der Waals surface area contributed by atoms with E-state index in [1.54, 1.807) is 0 Å². The largest absolute Gasteiger partial charge is 0.494 e. The summed E-state index contributed by atoms with van der Waals surface area (Å²) in [6.07, 6.45) is 2.11. The minimum absolute atomic E-state index is 0.0287. The summed E-state index contributed by atoms with van der Waals surface area (Å²) in [7, 11) is 0. The Bertz CT molecular complexity index is 779. The standard InChI is InChI=1S/C19H20N2O2S/c1-2-14-9-11-15(12-10-14)23-13-5-8-18(22)21-19-20-16-6-3-4-7-17(16)24-19/h3-4,6-7,9-12H,2,5,8,13H2,1H3,(H,20,21,22). The molecule has 0 aliphatic carbocycles. The van der Waals surface area contributed by atoms with E-state index in [0.717, 1.165) is 22.4 Å². The van der Waals surface area contributed by atoms with Gasteiger partial charge in [-0.25, -0.2) is 4.98 Å². The van der Waals surface area contributed by atoms with E-state index in [1.807, 2.05) is 36.4 Å². The van der Waals surface area contributed by atoms with Crippen molar-refractivity contribution in [3.8, 4) is 5.75 Å². The van der Waals surface area contributed by atoms with Gasteiger partial charge in [-0.05, 0) is 42.7 Å². The van der Waals surface area contributed by atoms with Crippen molar-refractivity contribution in [2.45, 2.75) is 26.2 Å². The molecule has 4 nitrogen and oxygen atoms in total. The molecule has 3 aromatic rings. The molecule has 0 unspecified atom stereocenters. The molecule has 0 aliphatic rings. The smallest absolute Gasteiger partial charge is 0.226 e. The van der Waals surface area contributed by atoms with Crippen LogP contribution in [0, 0.1) is 0 Å². The van der Waals surface area contributed by atoms with Gasteiger partial charge in [0, 0.05) is 6.42 Å². The SMILES string of the molecule is CCc1ccc(OCCCC(=O)Nc2nc3ccccc3s2)cc1. The molecule has 0 saturated carbocycles. The minimum Gasteiger partial charge on any atom is -0.494 e. The van der Waals surface area contributed by atoms with E-state index in [2.05, 4.69) is 29.4 Å². The molecule has 3 rings (SSSR count). The van der Waals surface area contributed by atoms with Gasteiger partial charge in [-0.15, -0.1) is 0 Å². The summed E-state index contributed by atoms with van der Waals surface area (Å²) in [5, 5.41) is 3.51. The van der Waals surface area contributed by atoms with E-state index in [-0.39, 0.29) is 5.91 Å². The van der Waals surface area contributed by atoms with Gasteiger partial charge in [0.2, 0.25) is 5.91 Å². The van der Waals surface area contributed by atoms with Crippen molar-refractivity contribution in [2.75, 3.05) is 11.9 Å². The van der Waals surface area contributed by atoms with Gasteiger partial charge >= 0.3 is 0 Å². The molecule has 24 heavy (non-hydrogen) atoms.